The Kier molecular flexibility index (Phi) is 7.57. The van der Waals surface area contributed by atoms with Crippen LogP contribution in [0.4, 0.5) is 0 Å². The monoisotopic (exact) mass is 464 g/mol. The Bertz CT molecular complexity index is 1060. The largest absolute Gasteiger partial charge is 0.481 e. The molecule has 0 radical (unpaired) electrons. The fraction of sp³-hybridized carbons (Fsp3) is 0.346. The van der Waals surface area contributed by atoms with E-state index in [2.05, 4.69) is 27.4 Å². The molecule has 3 heterocycles. The normalized spacial score (nSPS) is 17.7. The summed E-state index contributed by atoms with van der Waals surface area (Å²) in [4.78, 5) is 22.9. The van der Waals surface area contributed by atoms with Crippen molar-refractivity contribution < 1.29 is 9.53 Å². The molecule has 0 spiro atoms. The Morgan fingerprint density at radius 1 is 0.970 bits per heavy atom. The zero-order valence-corrected chi connectivity index (χ0v) is 19.8. The second-order valence-electron chi connectivity index (χ2n) is 8.60. The highest BCUT2D eigenvalue weighted by Gasteiger charge is 2.24. The number of hydrogen-bond donors (Lipinski definition) is 1. The summed E-state index contributed by atoms with van der Waals surface area (Å²) in [6, 6.07) is 16.5. The number of carbonyl (C=O) groups excluding carboxylic acids is 1. The summed E-state index contributed by atoms with van der Waals surface area (Å²) in [5.41, 5.74) is 4.09. The van der Waals surface area contributed by atoms with E-state index in [1.54, 1.807) is 31.3 Å². The Labute approximate surface area is 200 Å². The lowest BCUT2D eigenvalue weighted by molar-refractivity contribution is 0.0785. The van der Waals surface area contributed by atoms with Crippen molar-refractivity contribution in [1.82, 2.24) is 20.2 Å². The number of pyridine rings is 2. The molecule has 1 aromatic carbocycles. The summed E-state index contributed by atoms with van der Waals surface area (Å²) >= 11 is 5.88. The van der Waals surface area contributed by atoms with Crippen LogP contribution in [0.1, 0.15) is 39.9 Å². The first kappa shape index (κ1) is 23.2. The summed E-state index contributed by atoms with van der Waals surface area (Å²) in [5.74, 6) is 0.557. The van der Waals surface area contributed by atoms with Gasteiger partial charge in [-0.25, -0.2) is 9.97 Å². The molecule has 1 aliphatic heterocycles. The topological polar surface area (TPSA) is 67.3 Å². The molecule has 0 aliphatic carbocycles. The number of aromatic nitrogens is 2. The van der Waals surface area contributed by atoms with Crippen LogP contribution >= 0.6 is 11.6 Å². The number of nitrogens with one attached hydrogen (secondary N) is 1. The molecule has 1 amide bonds. The summed E-state index contributed by atoms with van der Waals surface area (Å²) in [7, 11) is 3.39. The number of amides is 1. The van der Waals surface area contributed by atoms with Gasteiger partial charge in [0.15, 0.2) is 0 Å². The van der Waals surface area contributed by atoms with Crippen molar-refractivity contribution in [1.29, 1.82) is 0 Å². The lowest BCUT2D eigenvalue weighted by atomic mass is 10.0. The summed E-state index contributed by atoms with van der Waals surface area (Å²) in [5, 5.41) is 4.27. The lowest BCUT2D eigenvalue weighted by Gasteiger charge is -2.18. The zero-order chi connectivity index (χ0) is 23.2. The van der Waals surface area contributed by atoms with E-state index in [0.29, 0.717) is 35.2 Å². The molecule has 33 heavy (non-hydrogen) atoms. The minimum absolute atomic E-state index is 0.00648. The van der Waals surface area contributed by atoms with Crippen molar-refractivity contribution in [3.8, 4) is 5.88 Å². The third kappa shape index (κ3) is 6.30. The van der Waals surface area contributed by atoms with Gasteiger partial charge in [0.05, 0.1) is 7.11 Å². The highest BCUT2D eigenvalue weighted by molar-refractivity contribution is 6.29. The fourth-order valence-electron chi connectivity index (χ4n) is 4.30. The maximum atomic E-state index is 12.8. The number of halogens is 1. The average molecular weight is 465 g/mol. The highest BCUT2D eigenvalue weighted by Crippen LogP contribution is 2.20. The maximum Gasteiger partial charge on any atom is 0.253 e. The molecule has 4 rings (SSSR count). The van der Waals surface area contributed by atoms with Gasteiger partial charge in [0.25, 0.3) is 5.91 Å². The highest BCUT2D eigenvalue weighted by atomic mass is 35.5. The van der Waals surface area contributed by atoms with Crippen LogP contribution in [0.5, 0.6) is 5.88 Å². The van der Waals surface area contributed by atoms with Crippen LogP contribution in [0.25, 0.3) is 0 Å². The first-order chi connectivity index (χ1) is 16.0. The van der Waals surface area contributed by atoms with Crippen LogP contribution in [0.2, 0.25) is 5.15 Å². The number of nitrogens with zero attached hydrogens (tertiary/aromatic N) is 3. The first-order valence-electron chi connectivity index (χ1n) is 11.2. The molecule has 6 nitrogen and oxygen atoms in total. The van der Waals surface area contributed by atoms with Crippen LogP contribution in [0.3, 0.4) is 0 Å². The van der Waals surface area contributed by atoms with Crippen molar-refractivity contribution in [2.45, 2.75) is 44.3 Å². The van der Waals surface area contributed by atoms with E-state index in [9.17, 15) is 4.79 Å². The van der Waals surface area contributed by atoms with Crippen LogP contribution < -0.4 is 10.1 Å². The maximum absolute atomic E-state index is 12.8. The van der Waals surface area contributed by atoms with E-state index < -0.39 is 0 Å². The third-order valence-electron chi connectivity index (χ3n) is 6.06. The van der Waals surface area contributed by atoms with Gasteiger partial charge in [0, 0.05) is 49.7 Å². The van der Waals surface area contributed by atoms with E-state index in [0.717, 1.165) is 31.2 Å². The molecule has 0 unspecified atom stereocenters. The number of carbonyl (C=O) groups is 1. The Hall–Kier alpha value is -2.96. The molecule has 2 atom stereocenters. The predicted molar refractivity (Wildman–Crippen MR) is 130 cm³/mol. The van der Waals surface area contributed by atoms with E-state index in [1.165, 1.54) is 11.1 Å². The average Bonchev–Trinajstić information content (AvgIpc) is 3.27. The van der Waals surface area contributed by atoms with Crippen molar-refractivity contribution >= 4 is 17.5 Å². The molecule has 1 aliphatic rings. The molecule has 3 aromatic rings. The van der Waals surface area contributed by atoms with Gasteiger partial charge in [-0.3, -0.25) is 4.79 Å². The molecular weight excluding hydrogens is 436 g/mol. The van der Waals surface area contributed by atoms with Crippen molar-refractivity contribution in [3.63, 3.8) is 0 Å². The fourth-order valence-corrected chi connectivity index (χ4v) is 4.41. The molecule has 2 aromatic heterocycles. The van der Waals surface area contributed by atoms with Crippen LogP contribution in [0.15, 0.2) is 60.9 Å². The standard InChI is InChI=1S/C26H29ClN4O2/c1-31(17-20-6-12-25(33-2)29-16-20)26(32)21-7-3-18(4-8-21)13-22-9-10-23(30-22)14-19-5-11-24(27)28-15-19/h3-8,11-12,15-16,22-23,30H,9-10,13-14,17H2,1-2H3/t22-,23+/m0/s1. The second-order valence-corrected chi connectivity index (χ2v) is 8.99. The molecule has 7 heteroatoms. The Balaban J connectivity index is 1.27. The van der Waals surface area contributed by atoms with Gasteiger partial charge in [0.1, 0.15) is 5.15 Å². The molecule has 1 N–H and O–H groups in total. The Morgan fingerprint density at radius 2 is 1.61 bits per heavy atom. The first-order valence-corrected chi connectivity index (χ1v) is 11.6. The number of ether oxygens (including phenoxy) is 1. The molecule has 0 saturated carbocycles. The van der Waals surface area contributed by atoms with Gasteiger partial charge in [-0.15, -0.1) is 0 Å². The second kappa shape index (κ2) is 10.8. The minimum atomic E-state index is -0.00648. The lowest BCUT2D eigenvalue weighted by Crippen LogP contribution is -2.32. The molecular formula is C26H29ClN4O2. The predicted octanol–water partition coefficient (Wildman–Crippen LogP) is 4.32. The minimum Gasteiger partial charge on any atom is -0.481 e. The SMILES string of the molecule is COc1ccc(CN(C)C(=O)c2ccc(C[C@@H]3CC[C@H](Cc4ccc(Cl)nc4)N3)cc2)cn1. The molecule has 1 fully saturated rings. The van der Waals surface area contributed by atoms with Gasteiger partial charge in [0.2, 0.25) is 5.88 Å². The van der Waals surface area contributed by atoms with Gasteiger partial charge in [-0.2, -0.15) is 0 Å². The van der Waals surface area contributed by atoms with E-state index in [-0.39, 0.29) is 5.91 Å². The number of rotatable bonds is 8. The zero-order valence-electron chi connectivity index (χ0n) is 19.0. The van der Waals surface area contributed by atoms with Crippen LogP contribution in [-0.2, 0) is 19.4 Å². The molecule has 1 saturated heterocycles. The summed E-state index contributed by atoms with van der Waals surface area (Å²) in [6.45, 7) is 0.494. The molecule has 172 valence electrons. The summed E-state index contributed by atoms with van der Waals surface area (Å²) < 4.78 is 5.08. The van der Waals surface area contributed by atoms with Crippen molar-refractivity contribution in [3.05, 3.63) is 88.3 Å². The number of hydrogen-bond acceptors (Lipinski definition) is 5. The Morgan fingerprint density at radius 3 is 2.21 bits per heavy atom. The molecule has 0 bridgehead atoms. The quantitative estimate of drug-likeness (QED) is 0.503. The van der Waals surface area contributed by atoms with Crippen molar-refractivity contribution in [2.75, 3.05) is 14.2 Å². The third-order valence-corrected chi connectivity index (χ3v) is 6.29. The van der Waals surface area contributed by atoms with Gasteiger partial charge in [-0.1, -0.05) is 35.9 Å². The number of methoxy groups -OCH3 is 1. The van der Waals surface area contributed by atoms with Gasteiger partial charge >= 0.3 is 0 Å². The van der Waals surface area contributed by atoms with Gasteiger partial charge < -0.3 is 15.0 Å². The van der Waals surface area contributed by atoms with E-state index in [1.807, 2.05) is 36.5 Å². The van der Waals surface area contributed by atoms with E-state index in [4.69, 9.17) is 16.3 Å². The smallest absolute Gasteiger partial charge is 0.253 e. The van der Waals surface area contributed by atoms with Crippen LogP contribution in [0, 0.1) is 0 Å². The summed E-state index contributed by atoms with van der Waals surface area (Å²) in [6.07, 6.45) is 7.80. The van der Waals surface area contributed by atoms with Crippen molar-refractivity contribution in [2.24, 2.45) is 0 Å². The number of benzene rings is 1. The van der Waals surface area contributed by atoms with E-state index >= 15 is 0 Å². The van der Waals surface area contributed by atoms with Crippen LogP contribution in [-0.4, -0.2) is 47.0 Å². The van der Waals surface area contributed by atoms with Gasteiger partial charge in [-0.05, 0) is 60.6 Å².